The fourth-order valence-corrected chi connectivity index (χ4v) is 3.83. The molecule has 5 nitrogen and oxygen atoms in total. The molecule has 3 aliphatic rings. The molecule has 0 spiro atoms. The van der Waals surface area contributed by atoms with Crippen molar-refractivity contribution in [2.45, 2.75) is 37.8 Å². The number of nitrogens with one attached hydrogen (secondary N) is 1. The van der Waals surface area contributed by atoms with Crippen LogP contribution in [-0.4, -0.2) is 47.1 Å². The van der Waals surface area contributed by atoms with E-state index in [1.54, 1.807) is 4.90 Å². The van der Waals surface area contributed by atoms with Gasteiger partial charge in [0.05, 0.1) is 0 Å². The number of carboxylic acid groups (broad SMARTS) is 1. The fraction of sp³-hybridized carbons (Fsp3) is 0.833. The van der Waals surface area contributed by atoms with Gasteiger partial charge in [-0.1, -0.05) is 0 Å². The molecule has 2 N–H and O–H groups in total. The van der Waals surface area contributed by atoms with Crippen LogP contribution in [0.25, 0.3) is 0 Å². The third kappa shape index (κ3) is 1.64. The average molecular weight is 238 g/mol. The molecule has 5 heteroatoms. The Bertz CT molecular complexity index is 358. The van der Waals surface area contributed by atoms with Gasteiger partial charge in [-0.2, -0.15) is 0 Å². The number of nitrogens with zero attached hydrogens (tertiary/aromatic N) is 1. The van der Waals surface area contributed by atoms with Crippen molar-refractivity contribution in [2.75, 3.05) is 13.1 Å². The summed E-state index contributed by atoms with van der Waals surface area (Å²) in [5.74, 6) is -0.249. The number of carboxylic acids is 1. The van der Waals surface area contributed by atoms with Crippen molar-refractivity contribution in [3.8, 4) is 0 Å². The smallest absolute Gasteiger partial charge is 0.326 e. The Morgan fingerprint density at radius 1 is 1.35 bits per heavy atom. The van der Waals surface area contributed by atoms with Crippen molar-refractivity contribution in [1.82, 2.24) is 10.2 Å². The maximum atomic E-state index is 12.0. The molecule has 0 aromatic heterocycles. The minimum Gasteiger partial charge on any atom is -0.480 e. The van der Waals surface area contributed by atoms with Crippen molar-refractivity contribution >= 4 is 11.9 Å². The van der Waals surface area contributed by atoms with Gasteiger partial charge in [-0.25, -0.2) is 4.79 Å². The van der Waals surface area contributed by atoms with E-state index in [0.717, 1.165) is 32.4 Å². The van der Waals surface area contributed by atoms with E-state index in [-0.39, 0.29) is 17.9 Å². The Hall–Kier alpha value is -1.10. The molecule has 0 unspecified atom stereocenters. The van der Waals surface area contributed by atoms with E-state index in [1.807, 2.05) is 0 Å². The predicted octanol–water partition coefficient (Wildman–Crippen LogP) is 0.0600. The third-order valence-corrected chi connectivity index (χ3v) is 4.50. The molecule has 17 heavy (non-hydrogen) atoms. The number of hydrogen-bond donors (Lipinski definition) is 2. The summed E-state index contributed by atoms with van der Waals surface area (Å²) in [4.78, 5) is 25.1. The van der Waals surface area contributed by atoms with Gasteiger partial charge >= 0.3 is 5.97 Å². The topological polar surface area (TPSA) is 69.6 Å². The van der Waals surface area contributed by atoms with Crippen LogP contribution in [-0.2, 0) is 9.59 Å². The van der Waals surface area contributed by atoms with Crippen molar-refractivity contribution in [3.05, 3.63) is 0 Å². The Kier molecular flexibility index (Phi) is 2.58. The highest BCUT2D eigenvalue weighted by Gasteiger charge is 2.50. The number of hydrogen-bond acceptors (Lipinski definition) is 3. The van der Waals surface area contributed by atoms with E-state index < -0.39 is 12.0 Å². The van der Waals surface area contributed by atoms with Crippen LogP contribution in [0.1, 0.15) is 25.7 Å². The predicted molar refractivity (Wildman–Crippen MR) is 60.4 cm³/mol. The van der Waals surface area contributed by atoms with Gasteiger partial charge in [0.2, 0.25) is 5.91 Å². The van der Waals surface area contributed by atoms with E-state index >= 15 is 0 Å². The zero-order valence-electron chi connectivity index (χ0n) is 9.76. The molecule has 0 radical (unpaired) electrons. The van der Waals surface area contributed by atoms with Gasteiger partial charge in [0, 0.05) is 24.9 Å². The summed E-state index contributed by atoms with van der Waals surface area (Å²) < 4.78 is 0. The Morgan fingerprint density at radius 2 is 2.12 bits per heavy atom. The molecular formula is C12H18N2O3. The minimum atomic E-state index is -0.836. The first-order valence-electron chi connectivity index (χ1n) is 6.43. The summed E-state index contributed by atoms with van der Waals surface area (Å²) in [5, 5.41) is 12.7. The molecule has 3 fully saturated rings. The van der Waals surface area contributed by atoms with Gasteiger partial charge in [-0.15, -0.1) is 0 Å². The molecule has 1 amide bonds. The highest BCUT2D eigenvalue weighted by atomic mass is 16.4. The van der Waals surface area contributed by atoms with Gasteiger partial charge in [-0.3, -0.25) is 4.79 Å². The number of piperidine rings is 3. The lowest BCUT2D eigenvalue weighted by atomic mass is 9.72. The molecule has 0 saturated carbocycles. The van der Waals surface area contributed by atoms with Gasteiger partial charge in [0.15, 0.2) is 0 Å². The summed E-state index contributed by atoms with van der Waals surface area (Å²) in [6, 6.07) is -0.446. The second kappa shape index (κ2) is 3.98. The van der Waals surface area contributed by atoms with Crippen molar-refractivity contribution in [1.29, 1.82) is 0 Å². The van der Waals surface area contributed by atoms with Crippen LogP contribution in [0, 0.1) is 11.8 Å². The van der Waals surface area contributed by atoms with Crippen LogP contribution in [0.2, 0.25) is 0 Å². The van der Waals surface area contributed by atoms with E-state index in [9.17, 15) is 14.7 Å². The van der Waals surface area contributed by atoms with E-state index in [2.05, 4.69) is 5.32 Å². The van der Waals surface area contributed by atoms with Crippen LogP contribution in [0.5, 0.6) is 0 Å². The van der Waals surface area contributed by atoms with E-state index in [0.29, 0.717) is 12.3 Å². The van der Waals surface area contributed by atoms with Crippen LogP contribution in [0.3, 0.4) is 0 Å². The van der Waals surface area contributed by atoms with Crippen LogP contribution < -0.4 is 5.32 Å². The number of carbonyl (C=O) groups excluding carboxylic acids is 1. The molecule has 3 rings (SSSR count). The molecular weight excluding hydrogens is 220 g/mol. The average Bonchev–Trinajstić information content (AvgIpc) is 2.31. The summed E-state index contributed by atoms with van der Waals surface area (Å²) >= 11 is 0. The Morgan fingerprint density at radius 3 is 2.88 bits per heavy atom. The first kappa shape index (κ1) is 11.0. The molecule has 0 aliphatic carbocycles. The summed E-state index contributed by atoms with van der Waals surface area (Å²) in [6.07, 6.45) is 3.35. The van der Waals surface area contributed by atoms with Crippen molar-refractivity contribution in [2.24, 2.45) is 11.8 Å². The lowest BCUT2D eigenvalue weighted by Crippen LogP contribution is -2.66. The first-order chi connectivity index (χ1) is 8.18. The second-order valence-corrected chi connectivity index (χ2v) is 5.46. The summed E-state index contributed by atoms with van der Waals surface area (Å²) in [7, 11) is 0. The van der Waals surface area contributed by atoms with Gasteiger partial charge in [-0.05, 0) is 31.7 Å². The highest BCUT2D eigenvalue weighted by molar-refractivity contribution is 5.85. The van der Waals surface area contributed by atoms with Crippen molar-refractivity contribution < 1.29 is 14.7 Å². The molecule has 3 aliphatic heterocycles. The standard InChI is InChI=1S/C12H18N2O3/c15-10-3-1-2-9-7-4-8(6-13-5-7)11(12(16)17)14(9)10/h7-9,11,13H,1-6H2,(H,16,17)/t7-,8+,9+,11-/m1/s1. The number of rotatable bonds is 1. The zero-order valence-corrected chi connectivity index (χ0v) is 9.76. The highest BCUT2D eigenvalue weighted by Crippen LogP contribution is 2.39. The molecule has 0 aromatic rings. The number of carbonyl (C=O) groups is 2. The zero-order chi connectivity index (χ0) is 12.0. The number of fused-ring (bicyclic) bond motifs is 4. The van der Waals surface area contributed by atoms with E-state index in [4.69, 9.17) is 0 Å². The third-order valence-electron chi connectivity index (χ3n) is 4.50. The van der Waals surface area contributed by atoms with Crippen LogP contribution in [0.4, 0.5) is 0 Å². The Labute approximate surface area is 100 Å². The van der Waals surface area contributed by atoms with Crippen LogP contribution >= 0.6 is 0 Å². The fourth-order valence-electron chi connectivity index (χ4n) is 3.83. The van der Waals surface area contributed by atoms with Crippen molar-refractivity contribution in [3.63, 3.8) is 0 Å². The molecule has 3 heterocycles. The van der Waals surface area contributed by atoms with E-state index in [1.165, 1.54) is 0 Å². The monoisotopic (exact) mass is 238 g/mol. The second-order valence-electron chi connectivity index (χ2n) is 5.46. The molecule has 94 valence electrons. The normalized spacial score (nSPS) is 40.9. The summed E-state index contributed by atoms with van der Waals surface area (Å²) in [6.45, 7) is 1.65. The molecule has 2 bridgehead atoms. The quantitative estimate of drug-likeness (QED) is 0.678. The lowest BCUT2D eigenvalue weighted by molar-refractivity contribution is -0.165. The molecule has 4 atom stereocenters. The molecule has 3 saturated heterocycles. The maximum Gasteiger partial charge on any atom is 0.326 e. The molecule has 0 aromatic carbocycles. The minimum absolute atomic E-state index is 0.0465. The number of amides is 1. The van der Waals surface area contributed by atoms with Gasteiger partial charge in [0.1, 0.15) is 6.04 Å². The SMILES string of the molecule is O=C(O)[C@H]1[C@@H]2CNC[C@@H](C2)[C@@H]2CCCC(=O)N21. The summed E-state index contributed by atoms with van der Waals surface area (Å²) in [5.41, 5.74) is 0. The van der Waals surface area contributed by atoms with Gasteiger partial charge in [0.25, 0.3) is 0 Å². The first-order valence-corrected chi connectivity index (χ1v) is 6.43. The maximum absolute atomic E-state index is 12.0. The van der Waals surface area contributed by atoms with Gasteiger partial charge < -0.3 is 15.3 Å². The number of aliphatic carboxylic acids is 1. The van der Waals surface area contributed by atoms with Crippen LogP contribution in [0.15, 0.2) is 0 Å². The Balaban J connectivity index is 1.95. The largest absolute Gasteiger partial charge is 0.480 e. The lowest BCUT2D eigenvalue weighted by Gasteiger charge is -2.53.